The molecule has 19 heavy (non-hydrogen) atoms. The van der Waals surface area contributed by atoms with E-state index in [1.54, 1.807) is 20.8 Å². The molecule has 0 aromatic heterocycles. The minimum absolute atomic E-state index is 0.0515. The highest BCUT2D eigenvalue weighted by atomic mass is 16.2. The van der Waals surface area contributed by atoms with Crippen LogP contribution in [0, 0.1) is 10.8 Å². The number of carbonyl (C=O) groups is 4. The van der Waals surface area contributed by atoms with E-state index in [0.717, 1.165) is 0 Å². The minimum atomic E-state index is -1.06. The van der Waals surface area contributed by atoms with Crippen LogP contribution in [-0.4, -0.2) is 33.8 Å². The highest BCUT2D eigenvalue weighted by molar-refractivity contribution is 6.19. The van der Waals surface area contributed by atoms with Crippen molar-refractivity contribution in [2.75, 3.05) is 0 Å². The summed E-state index contributed by atoms with van der Waals surface area (Å²) in [5.74, 6) is -0.770. The summed E-state index contributed by atoms with van der Waals surface area (Å²) in [5.41, 5.74) is -2.74. The lowest BCUT2D eigenvalue weighted by atomic mass is 9.70. The van der Waals surface area contributed by atoms with E-state index in [-0.39, 0.29) is 49.1 Å². The predicted molar refractivity (Wildman–Crippen MR) is 65.0 cm³/mol. The maximum absolute atomic E-state index is 12.7. The van der Waals surface area contributed by atoms with Gasteiger partial charge < -0.3 is 0 Å². The number of nitrogens with zero attached hydrogens (tertiary/aromatic N) is 1. The van der Waals surface area contributed by atoms with Crippen LogP contribution in [0.3, 0.4) is 0 Å². The summed E-state index contributed by atoms with van der Waals surface area (Å²) in [6.45, 7) is 5.41. The molecule has 3 rings (SSSR count). The van der Waals surface area contributed by atoms with Crippen LogP contribution in [-0.2, 0) is 19.2 Å². The zero-order valence-electron chi connectivity index (χ0n) is 11.4. The van der Waals surface area contributed by atoms with Gasteiger partial charge in [-0.25, -0.2) is 0 Å². The van der Waals surface area contributed by atoms with E-state index < -0.39 is 16.4 Å². The molecule has 5 nitrogen and oxygen atoms in total. The van der Waals surface area contributed by atoms with Crippen molar-refractivity contribution < 1.29 is 19.2 Å². The molecule has 102 valence electrons. The summed E-state index contributed by atoms with van der Waals surface area (Å²) in [7, 11) is 0. The van der Waals surface area contributed by atoms with Crippen molar-refractivity contribution in [2.45, 2.75) is 52.0 Å². The molecular weight excluding hydrogens is 246 g/mol. The van der Waals surface area contributed by atoms with Crippen LogP contribution in [0.2, 0.25) is 0 Å². The third kappa shape index (κ3) is 1.21. The second-order valence-corrected chi connectivity index (χ2v) is 7.07. The van der Waals surface area contributed by atoms with Crippen LogP contribution in [0.5, 0.6) is 0 Å². The van der Waals surface area contributed by atoms with Crippen molar-refractivity contribution in [1.82, 2.24) is 4.90 Å². The summed E-state index contributed by atoms with van der Waals surface area (Å²) in [6, 6.07) is 0. The Balaban J connectivity index is 2.19. The normalized spacial score (nSPS) is 38.2. The Morgan fingerprint density at radius 3 is 1.37 bits per heavy atom. The molecule has 0 aromatic rings. The van der Waals surface area contributed by atoms with Gasteiger partial charge in [-0.05, 0) is 20.8 Å². The summed E-state index contributed by atoms with van der Waals surface area (Å²) in [5, 5.41) is 0. The molecule has 5 heteroatoms. The van der Waals surface area contributed by atoms with Gasteiger partial charge in [0.2, 0.25) is 11.8 Å². The van der Waals surface area contributed by atoms with Gasteiger partial charge in [-0.15, -0.1) is 0 Å². The van der Waals surface area contributed by atoms with Gasteiger partial charge in [0.05, 0.1) is 10.8 Å². The van der Waals surface area contributed by atoms with Gasteiger partial charge in [-0.1, -0.05) is 0 Å². The molecule has 0 spiro atoms. The largest absolute Gasteiger partial charge is 0.300 e. The van der Waals surface area contributed by atoms with E-state index in [0.29, 0.717) is 0 Å². The van der Waals surface area contributed by atoms with Gasteiger partial charge in [-0.3, -0.25) is 24.1 Å². The molecule has 0 N–H and O–H groups in total. The van der Waals surface area contributed by atoms with Gasteiger partial charge in [0.1, 0.15) is 11.6 Å². The van der Waals surface area contributed by atoms with Crippen molar-refractivity contribution >= 4 is 23.4 Å². The van der Waals surface area contributed by atoms with E-state index in [9.17, 15) is 19.2 Å². The lowest BCUT2D eigenvalue weighted by Gasteiger charge is -2.32. The monoisotopic (exact) mass is 263 g/mol. The number of Topliss-reactive ketones (excluding diaryl/α,β-unsaturated/α-hetero) is 2. The van der Waals surface area contributed by atoms with E-state index >= 15 is 0 Å². The van der Waals surface area contributed by atoms with Crippen LogP contribution in [0.25, 0.3) is 0 Å². The number of amides is 2. The fourth-order valence-corrected chi connectivity index (χ4v) is 4.11. The van der Waals surface area contributed by atoms with Crippen molar-refractivity contribution in [3.05, 3.63) is 0 Å². The number of hydrogen-bond acceptors (Lipinski definition) is 4. The first kappa shape index (κ1) is 12.5. The number of likely N-dealkylation sites (tertiary alicyclic amines) is 1. The van der Waals surface area contributed by atoms with Crippen LogP contribution >= 0.6 is 0 Å². The molecule has 3 aliphatic rings. The second kappa shape index (κ2) is 3.14. The zero-order valence-corrected chi connectivity index (χ0v) is 11.4. The Morgan fingerprint density at radius 1 is 0.789 bits per heavy atom. The molecule has 2 saturated carbocycles. The maximum Gasteiger partial charge on any atom is 0.237 e. The molecule has 3 fully saturated rings. The zero-order chi connectivity index (χ0) is 14.2. The van der Waals surface area contributed by atoms with Gasteiger partial charge in [0, 0.05) is 31.2 Å². The predicted octanol–water partition coefficient (Wildman–Crippen LogP) is 0.852. The first-order valence-electron chi connectivity index (χ1n) is 6.57. The number of imide groups is 1. The number of rotatable bonds is 0. The van der Waals surface area contributed by atoms with Gasteiger partial charge >= 0.3 is 0 Å². The first-order valence-corrected chi connectivity index (χ1v) is 6.57. The SMILES string of the molecule is CC(C)(C)N1C(=O)C23CC(=O)CC2(CC(=O)C3)C1=O. The lowest BCUT2D eigenvalue weighted by molar-refractivity contribution is -0.151. The maximum atomic E-state index is 12.7. The smallest absolute Gasteiger partial charge is 0.237 e. The lowest BCUT2D eigenvalue weighted by Crippen LogP contribution is -2.48. The van der Waals surface area contributed by atoms with E-state index in [1.807, 2.05) is 0 Å². The highest BCUT2D eigenvalue weighted by Crippen LogP contribution is 2.66. The summed E-state index contributed by atoms with van der Waals surface area (Å²) in [4.78, 5) is 50.3. The Labute approximate surface area is 111 Å². The average molecular weight is 263 g/mol. The molecule has 0 bridgehead atoms. The third-order valence-corrected chi connectivity index (χ3v) is 4.81. The molecule has 1 heterocycles. The number of ketones is 2. The first-order chi connectivity index (χ1) is 8.64. The average Bonchev–Trinajstić information content (AvgIpc) is 2.68. The molecule has 0 radical (unpaired) electrons. The van der Waals surface area contributed by atoms with Crippen LogP contribution in [0.15, 0.2) is 0 Å². The molecule has 0 atom stereocenters. The Kier molecular flexibility index (Phi) is 2.07. The van der Waals surface area contributed by atoms with Gasteiger partial charge in [0.25, 0.3) is 0 Å². The van der Waals surface area contributed by atoms with E-state index in [2.05, 4.69) is 0 Å². The Morgan fingerprint density at radius 2 is 1.11 bits per heavy atom. The van der Waals surface area contributed by atoms with Crippen molar-refractivity contribution in [3.63, 3.8) is 0 Å². The van der Waals surface area contributed by atoms with E-state index in [1.165, 1.54) is 4.90 Å². The van der Waals surface area contributed by atoms with Crippen molar-refractivity contribution in [3.8, 4) is 0 Å². The van der Waals surface area contributed by atoms with E-state index in [4.69, 9.17) is 0 Å². The van der Waals surface area contributed by atoms with Crippen LogP contribution < -0.4 is 0 Å². The number of carbonyl (C=O) groups excluding carboxylic acids is 4. The fourth-order valence-electron chi connectivity index (χ4n) is 4.11. The quantitative estimate of drug-likeness (QED) is 0.607. The molecule has 2 amide bonds. The number of hydrogen-bond donors (Lipinski definition) is 0. The molecule has 1 aliphatic heterocycles. The molecule has 1 saturated heterocycles. The molecule has 2 aliphatic carbocycles. The molecular formula is C14H17NO4. The third-order valence-electron chi connectivity index (χ3n) is 4.81. The molecule has 0 unspecified atom stereocenters. The van der Waals surface area contributed by atoms with Crippen molar-refractivity contribution in [2.24, 2.45) is 10.8 Å². The Bertz CT molecular complexity index is 482. The Hall–Kier alpha value is -1.52. The topological polar surface area (TPSA) is 71.5 Å². The highest BCUT2D eigenvalue weighted by Gasteiger charge is 2.77. The van der Waals surface area contributed by atoms with Crippen LogP contribution in [0.4, 0.5) is 0 Å². The van der Waals surface area contributed by atoms with Crippen molar-refractivity contribution in [1.29, 1.82) is 0 Å². The minimum Gasteiger partial charge on any atom is -0.300 e. The summed E-state index contributed by atoms with van der Waals surface area (Å²) < 4.78 is 0. The van der Waals surface area contributed by atoms with Gasteiger partial charge in [0.15, 0.2) is 0 Å². The van der Waals surface area contributed by atoms with Gasteiger partial charge in [-0.2, -0.15) is 0 Å². The summed E-state index contributed by atoms with van der Waals surface area (Å²) in [6.07, 6.45) is 0.206. The fraction of sp³-hybridized carbons (Fsp3) is 0.714. The molecule has 0 aromatic carbocycles. The standard InChI is InChI=1S/C14H17NO4/c1-12(2,3)15-10(18)13-4-8(16)5-14(13,11(15)19)7-9(17)6-13/h4-7H2,1-3H3. The summed E-state index contributed by atoms with van der Waals surface area (Å²) >= 11 is 0. The second-order valence-electron chi connectivity index (χ2n) is 7.07. The van der Waals surface area contributed by atoms with Crippen LogP contribution in [0.1, 0.15) is 46.5 Å².